The fourth-order valence-corrected chi connectivity index (χ4v) is 3.24. The molecule has 0 unspecified atom stereocenters. The van der Waals surface area contributed by atoms with Crippen LogP contribution in [0.1, 0.15) is 49.1 Å². The molecule has 0 spiro atoms. The smallest absolute Gasteiger partial charge is 0.381 e. The summed E-state index contributed by atoms with van der Waals surface area (Å²) in [4.78, 5) is 31.0. The molecule has 1 fully saturated rings. The topological polar surface area (TPSA) is 109 Å². The Morgan fingerprint density at radius 2 is 1.93 bits per heavy atom. The number of nitrogens with zero attached hydrogens (tertiary/aromatic N) is 2. The Morgan fingerprint density at radius 1 is 1.28 bits per heavy atom. The zero-order valence-corrected chi connectivity index (χ0v) is 15.6. The van der Waals surface area contributed by atoms with Gasteiger partial charge in [0.1, 0.15) is 0 Å². The summed E-state index contributed by atoms with van der Waals surface area (Å²) < 4.78 is 44.5. The number of nitrogens with one attached hydrogen (secondary N) is 2. The first-order valence-electron chi connectivity index (χ1n) is 9.08. The van der Waals surface area contributed by atoms with Gasteiger partial charge in [0.05, 0.1) is 6.04 Å². The lowest BCUT2D eigenvalue weighted by molar-refractivity contribution is -0.206. The third-order valence-corrected chi connectivity index (χ3v) is 4.80. The Hall–Kier alpha value is -2.66. The lowest BCUT2D eigenvalue weighted by Crippen LogP contribution is -2.42. The van der Waals surface area contributed by atoms with Gasteiger partial charge in [0.2, 0.25) is 5.95 Å². The third-order valence-electron chi connectivity index (χ3n) is 4.80. The van der Waals surface area contributed by atoms with Crippen molar-refractivity contribution in [1.29, 1.82) is 0 Å². The van der Waals surface area contributed by atoms with Crippen molar-refractivity contribution < 1.29 is 23.0 Å². The maximum Gasteiger partial charge on any atom is 0.418 e. The van der Waals surface area contributed by atoms with Gasteiger partial charge in [-0.25, -0.2) is 14.2 Å². The standard InChI is InChI=1S/C18H21F3N4O4/c1-10(11-3-2-4-12(9-11)14(26)18(19,20)21)22-15-23-16(27)25(17(28)24-15)13-5-7-29-8-6-13/h2-4,9-10,13-14,26H,5-8H2,1H3,(H2,22,23,24,27,28)/t10-,14-/m0/s1. The van der Waals surface area contributed by atoms with Crippen LogP contribution in [0.15, 0.2) is 33.9 Å². The van der Waals surface area contributed by atoms with Gasteiger partial charge in [0.25, 0.3) is 0 Å². The molecule has 3 rings (SSSR count). The molecule has 1 aliphatic heterocycles. The van der Waals surface area contributed by atoms with E-state index in [2.05, 4.69) is 15.3 Å². The lowest BCUT2D eigenvalue weighted by atomic mass is 10.0. The minimum absolute atomic E-state index is 0.0856. The van der Waals surface area contributed by atoms with Crippen molar-refractivity contribution in [1.82, 2.24) is 14.5 Å². The number of hydrogen-bond acceptors (Lipinski definition) is 6. The molecule has 2 atom stereocenters. The van der Waals surface area contributed by atoms with Crippen molar-refractivity contribution in [2.75, 3.05) is 18.5 Å². The van der Waals surface area contributed by atoms with Crippen LogP contribution >= 0.6 is 0 Å². The SMILES string of the molecule is C[C@H](Nc1nc(=O)n(C2CCOCC2)c(=O)[nH]1)c1cccc([C@H](O)C(F)(F)F)c1. The van der Waals surface area contributed by atoms with Crippen molar-refractivity contribution in [2.45, 2.75) is 44.1 Å². The molecule has 0 bridgehead atoms. The van der Waals surface area contributed by atoms with Gasteiger partial charge in [0.15, 0.2) is 6.10 Å². The van der Waals surface area contributed by atoms with E-state index in [1.54, 1.807) is 13.0 Å². The van der Waals surface area contributed by atoms with Crippen molar-refractivity contribution in [3.63, 3.8) is 0 Å². The summed E-state index contributed by atoms with van der Waals surface area (Å²) in [5.41, 5.74) is -1.22. The molecular formula is C18H21F3N4O4. The molecule has 0 saturated carbocycles. The number of hydrogen-bond donors (Lipinski definition) is 3. The number of halogens is 3. The van der Waals surface area contributed by atoms with Gasteiger partial charge in [-0.15, -0.1) is 0 Å². The Morgan fingerprint density at radius 3 is 2.55 bits per heavy atom. The Bertz CT molecular complexity index is 935. The molecule has 158 valence electrons. The van der Waals surface area contributed by atoms with E-state index < -0.39 is 29.7 Å². The van der Waals surface area contributed by atoms with Crippen LogP contribution in [0.5, 0.6) is 0 Å². The summed E-state index contributed by atoms with van der Waals surface area (Å²) in [5.74, 6) is -0.0856. The van der Waals surface area contributed by atoms with Gasteiger partial charge in [-0.2, -0.15) is 18.2 Å². The monoisotopic (exact) mass is 414 g/mol. The largest absolute Gasteiger partial charge is 0.418 e. The molecule has 1 aliphatic rings. The fourth-order valence-electron chi connectivity index (χ4n) is 3.24. The van der Waals surface area contributed by atoms with Gasteiger partial charge in [0, 0.05) is 19.3 Å². The Balaban J connectivity index is 1.80. The number of aromatic nitrogens is 3. The molecule has 8 nitrogen and oxygen atoms in total. The Labute approximate surface area is 163 Å². The average Bonchev–Trinajstić information content (AvgIpc) is 2.67. The second-order valence-electron chi connectivity index (χ2n) is 6.87. The number of aliphatic hydroxyl groups is 1. The number of ether oxygens (including phenoxy) is 1. The zero-order valence-electron chi connectivity index (χ0n) is 15.6. The van der Waals surface area contributed by atoms with Crippen LogP contribution in [0.3, 0.4) is 0 Å². The first-order chi connectivity index (χ1) is 13.7. The number of rotatable bonds is 5. The van der Waals surface area contributed by atoms with Gasteiger partial charge in [-0.3, -0.25) is 4.98 Å². The minimum Gasteiger partial charge on any atom is -0.381 e. The molecule has 1 saturated heterocycles. The van der Waals surface area contributed by atoms with Crippen molar-refractivity contribution in [3.05, 3.63) is 56.4 Å². The van der Waals surface area contributed by atoms with E-state index in [0.29, 0.717) is 31.6 Å². The lowest BCUT2D eigenvalue weighted by Gasteiger charge is -2.23. The maximum absolute atomic E-state index is 12.7. The van der Waals surface area contributed by atoms with Crippen LogP contribution in [0.2, 0.25) is 0 Å². The maximum atomic E-state index is 12.7. The van der Waals surface area contributed by atoms with Crippen molar-refractivity contribution >= 4 is 5.95 Å². The number of alkyl halides is 3. The molecular weight excluding hydrogens is 393 g/mol. The predicted octanol–water partition coefficient (Wildman–Crippen LogP) is 2.05. The molecule has 2 aromatic rings. The molecule has 3 N–H and O–H groups in total. The number of H-pyrrole nitrogens is 1. The highest BCUT2D eigenvalue weighted by atomic mass is 19.4. The third kappa shape index (κ3) is 4.85. The quantitative estimate of drug-likeness (QED) is 0.691. The summed E-state index contributed by atoms with van der Waals surface area (Å²) in [6.45, 7) is 2.53. The van der Waals surface area contributed by atoms with Crippen molar-refractivity contribution in [3.8, 4) is 0 Å². The highest BCUT2D eigenvalue weighted by molar-refractivity contribution is 5.34. The van der Waals surface area contributed by atoms with E-state index >= 15 is 0 Å². The van der Waals surface area contributed by atoms with E-state index in [0.717, 1.165) is 4.57 Å². The summed E-state index contributed by atoms with van der Waals surface area (Å²) in [5, 5.41) is 12.2. The summed E-state index contributed by atoms with van der Waals surface area (Å²) >= 11 is 0. The second-order valence-corrected chi connectivity index (χ2v) is 6.87. The molecule has 11 heteroatoms. The van der Waals surface area contributed by atoms with Crippen LogP contribution in [0, 0.1) is 0 Å². The molecule has 0 amide bonds. The molecule has 29 heavy (non-hydrogen) atoms. The van der Waals surface area contributed by atoms with Gasteiger partial charge in [-0.1, -0.05) is 24.3 Å². The number of aromatic amines is 1. The zero-order chi connectivity index (χ0) is 21.2. The number of anilines is 1. The summed E-state index contributed by atoms with van der Waals surface area (Å²) in [6.07, 6.45) is -6.32. The van der Waals surface area contributed by atoms with E-state index in [9.17, 15) is 27.9 Å². The van der Waals surface area contributed by atoms with Gasteiger partial charge >= 0.3 is 17.6 Å². The van der Waals surface area contributed by atoms with Crippen molar-refractivity contribution in [2.24, 2.45) is 0 Å². The number of benzene rings is 1. The summed E-state index contributed by atoms with van der Waals surface area (Å²) in [7, 11) is 0. The van der Waals surface area contributed by atoms with Crippen LogP contribution < -0.4 is 16.7 Å². The summed E-state index contributed by atoms with van der Waals surface area (Å²) in [6, 6.07) is 4.44. The molecule has 2 heterocycles. The van der Waals surface area contributed by atoms with E-state index in [-0.39, 0.29) is 17.6 Å². The minimum atomic E-state index is -4.78. The molecule has 0 aliphatic carbocycles. The van der Waals surface area contributed by atoms with E-state index in [1.807, 2.05) is 0 Å². The van der Waals surface area contributed by atoms with Gasteiger partial charge in [-0.05, 0) is 30.9 Å². The van der Waals surface area contributed by atoms with Gasteiger partial charge < -0.3 is 15.2 Å². The first kappa shape index (κ1) is 21.1. The normalized spacial score (nSPS) is 17.7. The van der Waals surface area contributed by atoms with E-state index in [4.69, 9.17) is 4.74 Å². The first-order valence-corrected chi connectivity index (χ1v) is 9.08. The highest BCUT2D eigenvalue weighted by Crippen LogP contribution is 2.33. The molecule has 0 radical (unpaired) electrons. The van der Waals surface area contributed by atoms with Crippen LogP contribution in [-0.2, 0) is 4.74 Å². The van der Waals surface area contributed by atoms with E-state index in [1.165, 1.54) is 18.2 Å². The van der Waals surface area contributed by atoms with Crippen LogP contribution in [0.25, 0.3) is 0 Å². The average molecular weight is 414 g/mol. The molecule has 1 aromatic carbocycles. The highest BCUT2D eigenvalue weighted by Gasteiger charge is 2.39. The van der Waals surface area contributed by atoms with Crippen LogP contribution in [0.4, 0.5) is 19.1 Å². The van der Waals surface area contributed by atoms with Crippen LogP contribution in [-0.4, -0.2) is 39.0 Å². The second kappa shape index (κ2) is 8.37. The molecule has 1 aromatic heterocycles. The Kier molecular flexibility index (Phi) is 6.08. The number of aliphatic hydroxyl groups excluding tert-OH is 1. The predicted molar refractivity (Wildman–Crippen MR) is 97.7 cm³/mol. The fraction of sp³-hybridized carbons (Fsp3) is 0.500.